The van der Waals surface area contributed by atoms with Crippen molar-refractivity contribution in [1.82, 2.24) is 15.6 Å². The maximum Gasteiger partial charge on any atom is 0.422 e. The minimum absolute atomic E-state index is 0.0341. The number of carbonyl (C=O) groups is 2. The molecule has 162 valence electrons. The van der Waals surface area contributed by atoms with Crippen LogP contribution in [0.25, 0.3) is 0 Å². The molecule has 1 heterocycles. The van der Waals surface area contributed by atoms with Gasteiger partial charge in [-0.2, -0.15) is 13.2 Å². The van der Waals surface area contributed by atoms with Gasteiger partial charge < -0.3 is 20.1 Å². The van der Waals surface area contributed by atoms with E-state index < -0.39 is 24.6 Å². The van der Waals surface area contributed by atoms with Gasteiger partial charge in [0, 0.05) is 12.2 Å². The van der Waals surface area contributed by atoms with E-state index >= 15 is 0 Å². The highest BCUT2D eigenvalue weighted by atomic mass is 19.4. The molecule has 1 aromatic heterocycles. The van der Waals surface area contributed by atoms with Crippen molar-refractivity contribution in [2.45, 2.75) is 32.6 Å². The van der Waals surface area contributed by atoms with Crippen LogP contribution in [0.2, 0.25) is 0 Å². The smallest absolute Gasteiger partial charge is 0.422 e. The zero-order valence-electron chi connectivity index (χ0n) is 16.5. The molecule has 0 radical (unpaired) electrons. The van der Waals surface area contributed by atoms with Gasteiger partial charge in [-0.05, 0) is 44.2 Å². The number of hydrogen-bond acceptors (Lipinski definition) is 5. The minimum Gasteiger partial charge on any atom is -0.484 e. The summed E-state index contributed by atoms with van der Waals surface area (Å²) in [5.41, 5.74) is 0.525. The van der Waals surface area contributed by atoms with Crippen LogP contribution in [-0.2, 0) is 11.3 Å². The van der Waals surface area contributed by atoms with Crippen LogP contribution in [-0.4, -0.2) is 42.2 Å². The van der Waals surface area contributed by atoms with Crippen molar-refractivity contribution < 1.29 is 32.2 Å². The van der Waals surface area contributed by atoms with E-state index in [0.717, 1.165) is 6.07 Å². The summed E-state index contributed by atoms with van der Waals surface area (Å²) in [6.45, 7) is 1.80. The van der Waals surface area contributed by atoms with Crippen molar-refractivity contribution in [3.05, 3.63) is 53.9 Å². The Kier molecular flexibility index (Phi) is 8.02. The number of alkyl halides is 3. The summed E-state index contributed by atoms with van der Waals surface area (Å²) in [5, 5.41) is 5.25. The summed E-state index contributed by atoms with van der Waals surface area (Å²) < 4.78 is 47.4. The molecule has 0 spiro atoms. The molecule has 10 heteroatoms. The van der Waals surface area contributed by atoms with E-state index in [4.69, 9.17) is 9.47 Å². The van der Waals surface area contributed by atoms with Crippen molar-refractivity contribution in [3.8, 4) is 11.5 Å². The van der Waals surface area contributed by atoms with Crippen LogP contribution < -0.4 is 20.1 Å². The number of carbonyl (C=O) groups excluding carboxylic acids is 2. The fraction of sp³-hybridized carbons (Fsp3) is 0.350. The maximum absolute atomic E-state index is 12.6. The molecule has 0 bridgehead atoms. The van der Waals surface area contributed by atoms with E-state index in [-0.39, 0.29) is 36.3 Å². The molecular formula is C20H22F3N3O4. The maximum atomic E-state index is 12.6. The van der Waals surface area contributed by atoms with Crippen molar-refractivity contribution in [1.29, 1.82) is 0 Å². The predicted molar refractivity (Wildman–Crippen MR) is 102 cm³/mol. The number of amides is 2. The van der Waals surface area contributed by atoms with Gasteiger partial charge in [-0.15, -0.1) is 0 Å². The van der Waals surface area contributed by atoms with E-state index in [1.165, 1.54) is 12.1 Å². The number of nitrogens with zero attached hydrogens (tertiary/aromatic N) is 1. The summed E-state index contributed by atoms with van der Waals surface area (Å²) in [6.07, 6.45) is -2.96. The lowest BCUT2D eigenvalue weighted by molar-refractivity contribution is -0.153. The summed E-state index contributed by atoms with van der Waals surface area (Å²) in [7, 11) is 0. The molecule has 0 atom stereocenters. The van der Waals surface area contributed by atoms with Gasteiger partial charge in [0.15, 0.2) is 13.2 Å². The van der Waals surface area contributed by atoms with Crippen LogP contribution in [0.4, 0.5) is 13.2 Å². The molecule has 0 saturated carbocycles. The van der Waals surface area contributed by atoms with Gasteiger partial charge in [-0.1, -0.05) is 6.07 Å². The second-order valence-corrected chi connectivity index (χ2v) is 6.58. The minimum atomic E-state index is -4.52. The van der Waals surface area contributed by atoms with Gasteiger partial charge in [0.05, 0.1) is 17.8 Å². The van der Waals surface area contributed by atoms with Crippen molar-refractivity contribution in [2.24, 2.45) is 0 Å². The zero-order valence-corrected chi connectivity index (χ0v) is 16.5. The van der Waals surface area contributed by atoms with E-state index in [9.17, 15) is 22.8 Å². The third-order valence-electron chi connectivity index (χ3n) is 3.56. The number of ether oxygens (including phenoxy) is 2. The Morgan fingerprint density at radius 2 is 1.90 bits per heavy atom. The Bertz CT molecular complexity index is 858. The van der Waals surface area contributed by atoms with Gasteiger partial charge in [-0.25, -0.2) is 0 Å². The fourth-order valence-electron chi connectivity index (χ4n) is 2.34. The van der Waals surface area contributed by atoms with Crippen LogP contribution >= 0.6 is 0 Å². The highest BCUT2D eigenvalue weighted by Crippen LogP contribution is 2.26. The number of rotatable bonds is 9. The molecule has 0 unspecified atom stereocenters. The Hall–Kier alpha value is -3.30. The first-order valence-electron chi connectivity index (χ1n) is 9.08. The number of benzene rings is 1. The fourth-order valence-corrected chi connectivity index (χ4v) is 2.34. The lowest BCUT2D eigenvalue weighted by atomic mass is 10.1. The quantitative estimate of drug-likeness (QED) is 0.645. The van der Waals surface area contributed by atoms with Crippen LogP contribution in [0.15, 0.2) is 42.6 Å². The van der Waals surface area contributed by atoms with E-state index in [1.807, 2.05) is 0 Å². The topological polar surface area (TPSA) is 89.5 Å². The number of pyridine rings is 1. The van der Waals surface area contributed by atoms with Crippen LogP contribution in [0.5, 0.6) is 11.5 Å². The van der Waals surface area contributed by atoms with Crippen LogP contribution in [0.1, 0.15) is 29.9 Å². The number of nitrogens with one attached hydrogen (secondary N) is 2. The van der Waals surface area contributed by atoms with Gasteiger partial charge >= 0.3 is 6.18 Å². The third-order valence-corrected chi connectivity index (χ3v) is 3.56. The average molecular weight is 425 g/mol. The van der Waals surface area contributed by atoms with Crippen molar-refractivity contribution in [2.75, 3.05) is 13.2 Å². The lowest BCUT2D eigenvalue weighted by Crippen LogP contribution is -2.34. The zero-order chi connectivity index (χ0) is 22.1. The largest absolute Gasteiger partial charge is 0.484 e. The molecule has 30 heavy (non-hydrogen) atoms. The Morgan fingerprint density at radius 1 is 1.13 bits per heavy atom. The molecule has 2 amide bonds. The van der Waals surface area contributed by atoms with Gasteiger partial charge in [-0.3, -0.25) is 14.6 Å². The van der Waals surface area contributed by atoms with Crippen molar-refractivity contribution in [3.63, 3.8) is 0 Å². The molecule has 2 N–H and O–H groups in total. The Morgan fingerprint density at radius 3 is 2.53 bits per heavy atom. The first kappa shape index (κ1) is 23.0. The Labute approximate surface area is 171 Å². The molecule has 0 aliphatic rings. The molecule has 1 aromatic carbocycles. The molecule has 7 nitrogen and oxygen atoms in total. The number of halogens is 3. The lowest BCUT2D eigenvalue weighted by Gasteiger charge is -2.15. The van der Waals surface area contributed by atoms with Gasteiger partial charge in [0.1, 0.15) is 11.5 Å². The molecule has 0 aliphatic heterocycles. The summed E-state index contributed by atoms with van der Waals surface area (Å²) in [4.78, 5) is 28.5. The standard InChI is InChI=1S/C20H22F3N3O4/c1-13(2)26-18(27)11-29-17-7-6-15(30-12-20(21,22)23)9-16(17)19(28)25-10-14-5-3-4-8-24-14/h3-9,13H,10-12H2,1-2H3,(H,25,28)(H,26,27). The molecule has 0 saturated heterocycles. The van der Waals surface area contributed by atoms with Gasteiger partial charge in [0.25, 0.3) is 11.8 Å². The first-order valence-corrected chi connectivity index (χ1v) is 9.08. The average Bonchev–Trinajstić information content (AvgIpc) is 2.69. The second-order valence-electron chi connectivity index (χ2n) is 6.58. The number of hydrogen-bond donors (Lipinski definition) is 2. The molecular weight excluding hydrogens is 403 g/mol. The normalized spacial score (nSPS) is 11.1. The molecule has 0 aliphatic carbocycles. The first-order chi connectivity index (χ1) is 14.1. The van der Waals surface area contributed by atoms with E-state index in [1.54, 1.807) is 38.2 Å². The van der Waals surface area contributed by atoms with Crippen molar-refractivity contribution >= 4 is 11.8 Å². The van der Waals surface area contributed by atoms with E-state index in [2.05, 4.69) is 15.6 Å². The predicted octanol–water partition coefficient (Wildman–Crippen LogP) is 2.86. The highest BCUT2D eigenvalue weighted by Gasteiger charge is 2.28. The number of aromatic nitrogens is 1. The summed E-state index contributed by atoms with van der Waals surface area (Å²) >= 11 is 0. The third kappa shape index (κ3) is 7.98. The molecule has 2 rings (SSSR count). The molecule has 0 fully saturated rings. The monoisotopic (exact) mass is 425 g/mol. The van der Waals surface area contributed by atoms with Crippen LogP contribution in [0, 0.1) is 0 Å². The van der Waals surface area contributed by atoms with Gasteiger partial charge in [0.2, 0.25) is 0 Å². The Balaban J connectivity index is 2.15. The highest BCUT2D eigenvalue weighted by molar-refractivity contribution is 5.97. The van der Waals surface area contributed by atoms with E-state index in [0.29, 0.717) is 5.69 Å². The molecule has 2 aromatic rings. The summed E-state index contributed by atoms with van der Waals surface area (Å²) in [5.74, 6) is -1.14. The SMILES string of the molecule is CC(C)NC(=O)COc1ccc(OCC(F)(F)F)cc1C(=O)NCc1ccccn1. The van der Waals surface area contributed by atoms with Crippen LogP contribution in [0.3, 0.4) is 0 Å². The second kappa shape index (κ2) is 10.5. The summed E-state index contributed by atoms with van der Waals surface area (Å²) in [6, 6.07) is 8.73.